The van der Waals surface area contributed by atoms with E-state index in [1.54, 1.807) is 19.1 Å². The molecule has 2 rings (SSSR count). The summed E-state index contributed by atoms with van der Waals surface area (Å²) >= 11 is 0. The van der Waals surface area contributed by atoms with Crippen LogP contribution >= 0.6 is 0 Å². The molecule has 1 aromatic carbocycles. The lowest BCUT2D eigenvalue weighted by atomic mass is 10.2. The zero-order valence-electron chi connectivity index (χ0n) is 10.9. The summed E-state index contributed by atoms with van der Waals surface area (Å²) in [5.41, 5.74) is 4.36. The highest BCUT2D eigenvalue weighted by atomic mass is 19.1. The standard InChI is InChI=1S/C13H16FN5/c1-8-12(17-9(2)18-13(8)19-15)16-7-10-3-5-11(14)6-4-10/h3-6H,7,15H2,1-2H3,(H2,16,17,18,19). The summed E-state index contributed by atoms with van der Waals surface area (Å²) in [6.07, 6.45) is 0. The third-order valence-electron chi connectivity index (χ3n) is 2.77. The number of nitrogens with zero attached hydrogens (tertiary/aromatic N) is 2. The van der Waals surface area contributed by atoms with Crippen molar-refractivity contribution in [3.8, 4) is 0 Å². The van der Waals surface area contributed by atoms with Gasteiger partial charge < -0.3 is 10.7 Å². The molecule has 5 nitrogen and oxygen atoms in total. The average Bonchev–Trinajstić information content (AvgIpc) is 2.41. The maximum Gasteiger partial charge on any atom is 0.148 e. The molecule has 0 atom stereocenters. The number of rotatable bonds is 4. The SMILES string of the molecule is Cc1nc(NN)c(C)c(NCc2ccc(F)cc2)n1. The van der Waals surface area contributed by atoms with Crippen molar-refractivity contribution in [2.75, 3.05) is 10.7 Å². The van der Waals surface area contributed by atoms with Crippen LogP contribution in [0.3, 0.4) is 0 Å². The zero-order chi connectivity index (χ0) is 13.8. The van der Waals surface area contributed by atoms with E-state index in [1.165, 1.54) is 12.1 Å². The first-order chi connectivity index (χ1) is 9.10. The molecule has 0 amide bonds. The molecular weight excluding hydrogens is 245 g/mol. The number of halogens is 1. The van der Waals surface area contributed by atoms with Gasteiger partial charge in [0.1, 0.15) is 23.3 Å². The van der Waals surface area contributed by atoms with Gasteiger partial charge in [-0.2, -0.15) is 0 Å². The molecule has 0 bridgehead atoms. The van der Waals surface area contributed by atoms with Gasteiger partial charge >= 0.3 is 0 Å². The van der Waals surface area contributed by atoms with E-state index in [0.717, 1.165) is 11.1 Å². The Balaban J connectivity index is 2.15. The molecule has 0 saturated carbocycles. The quantitative estimate of drug-likeness (QED) is 0.580. The van der Waals surface area contributed by atoms with Crippen LogP contribution in [0, 0.1) is 19.7 Å². The molecule has 19 heavy (non-hydrogen) atoms. The number of aromatic nitrogens is 2. The van der Waals surface area contributed by atoms with Crippen LogP contribution in [0.4, 0.5) is 16.0 Å². The minimum atomic E-state index is -0.243. The number of benzene rings is 1. The van der Waals surface area contributed by atoms with Gasteiger partial charge in [-0.1, -0.05) is 12.1 Å². The van der Waals surface area contributed by atoms with Crippen LogP contribution in [-0.2, 0) is 6.54 Å². The van der Waals surface area contributed by atoms with E-state index < -0.39 is 0 Å². The third-order valence-corrected chi connectivity index (χ3v) is 2.77. The third kappa shape index (κ3) is 3.17. The van der Waals surface area contributed by atoms with E-state index in [9.17, 15) is 4.39 Å². The fraction of sp³-hybridized carbons (Fsp3) is 0.231. The maximum atomic E-state index is 12.8. The summed E-state index contributed by atoms with van der Waals surface area (Å²) in [6.45, 7) is 4.23. The first-order valence-corrected chi connectivity index (χ1v) is 5.90. The number of hydrogen-bond acceptors (Lipinski definition) is 5. The van der Waals surface area contributed by atoms with Crippen molar-refractivity contribution in [3.05, 3.63) is 47.0 Å². The Morgan fingerprint density at radius 2 is 1.74 bits per heavy atom. The van der Waals surface area contributed by atoms with Crippen molar-refractivity contribution in [1.82, 2.24) is 9.97 Å². The number of anilines is 2. The Bertz CT molecular complexity index is 568. The molecule has 0 spiro atoms. The molecule has 6 heteroatoms. The molecule has 0 aliphatic heterocycles. The smallest absolute Gasteiger partial charge is 0.148 e. The molecule has 0 saturated heterocycles. The minimum Gasteiger partial charge on any atom is -0.366 e. The lowest BCUT2D eigenvalue weighted by Gasteiger charge is -2.12. The topological polar surface area (TPSA) is 75.9 Å². The van der Waals surface area contributed by atoms with E-state index in [-0.39, 0.29) is 5.82 Å². The number of nitrogen functional groups attached to an aromatic ring is 1. The highest BCUT2D eigenvalue weighted by Gasteiger charge is 2.07. The van der Waals surface area contributed by atoms with Gasteiger partial charge in [0.25, 0.3) is 0 Å². The highest BCUT2D eigenvalue weighted by molar-refractivity contribution is 5.56. The van der Waals surface area contributed by atoms with Gasteiger partial charge in [0.15, 0.2) is 0 Å². The Labute approximate surface area is 111 Å². The van der Waals surface area contributed by atoms with Crippen molar-refractivity contribution in [3.63, 3.8) is 0 Å². The van der Waals surface area contributed by atoms with Crippen LogP contribution in [-0.4, -0.2) is 9.97 Å². The number of nitrogens with two attached hydrogens (primary N) is 1. The molecule has 0 unspecified atom stereocenters. The Kier molecular flexibility index (Phi) is 3.91. The van der Waals surface area contributed by atoms with Gasteiger partial charge in [-0.3, -0.25) is 0 Å². The normalized spacial score (nSPS) is 10.3. The summed E-state index contributed by atoms with van der Waals surface area (Å²) in [7, 11) is 0. The Morgan fingerprint density at radius 1 is 1.11 bits per heavy atom. The molecule has 0 aliphatic rings. The van der Waals surface area contributed by atoms with Gasteiger partial charge in [-0.15, -0.1) is 0 Å². The molecule has 4 N–H and O–H groups in total. The molecule has 0 radical (unpaired) electrons. The fourth-order valence-electron chi connectivity index (χ4n) is 1.73. The van der Waals surface area contributed by atoms with Crippen LogP contribution in [0.2, 0.25) is 0 Å². The number of hydrogen-bond donors (Lipinski definition) is 3. The summed E-state index contributed by atoms with van der Waals surface area (Å²) in [6, 6.07) is 6.32. The van der Waals surface area contributed by atoms with Crippen molar-refractivity contribution < 1.29 is 4.39 Å². The summed E-state index contributed by atoms with van der Waals surface area (Å²) in [4.78, 5) is 8.50. The summed E-state index contributed by atoms with van der Waals surface area (Å²) in [5, 5.41) is 3.20. The lowest BCUT2D eigenvalue weighted by molar-refractivity contribution is 0.627. The highest BCUT2D eigenvalue weighted by Crippen LogP contribution is 2.19. The van der Waals surface area contributed by atoms with E-state index in [0.29, 0.717) is 24.0 Å². The van der Waals surface area contributed by atoms with Gasteiger partial charge in [0.05, 0.1) is 0 Å². The van der Waals surface area contributed by atoms with Gasteiger partial charge in [-0.25, -0.2) is 20.2 Å². The maximum absolute atomic E-state index is 12.8. The monoisotopic (exact) mass is 261 g/mol. The first kappa shape index (κ1) is 13.2. The molecule has 100 valence electrons. The van der Waals surface area contributed by atoms with Gasteiger partial charge in [-0.05, 0) is 31.5 Å². The Morgan fingerprint density at radius 3 is 2.37 bits per heavy atom. The van der Waals surface area contributed by atoms with Crippen LogP contribution in [0.5, 0.6) is 0 Å². The predicted molar refractivity (Wildman–Crippen MR) is 73.0 cm³/mol. The van der Waals surface area contributed by atoms with Crippen LogP contribution in [0.25, 0.3) is 0 Å². The molecule has 0 aliphatic carbocycles. The van der Waals surface area contributed by atoms with E-state index in [1.807, 2.05) is 6.92 Å². The Hall–Kier alpha value is -2.21. The fourth-order valence-corrected chi connectivity index (χ4v) is 1.73. The van der Waals surface area contributed by atoms with Crippen molar-refractivity contribution >= 4 is 11.6 Å². The second-order valence-electron chi connectivity index (χ2n) is 4.22. The molecule has 1 aromatic heterocycles. The van der Waals surface area contributed by atoms with Crippen molar-refractivity contribution in [1.29, 1.82) is 0 Å². The van der Waals surface area contributed by atoms with Crippen molar-refractivity contribution in [2.45, 2.75) is 20.4 Å². The summed E-state index contributed by atoms with van der Waals surface area (Å²) < 4.78 is 12.8. The first-order valence-electron chi connectivity index (χ1n) is 5.90. The van der Waals surface area contributed by atoms with Crippen LogP contribution < -0.4 is 16.6 Å². The molecule has 0 fully saturated rings. The number of nitrogens with one attached hydrogen (secondary N) is 2. The van der Waals surface area contributed by atoms with E-state index in [2.05, 4.69) is 20.7 Å². The average molecular weight is 261 g/mol. The second-order valence-corrected chi connectivity index (χ2v) is 4.22. The van der Waals surface area contributed by atoms with Crippen LogP contribution in [0.1, 0.15) is 17.0 Å². The second kappa shape index (κ2) is 5.62. The number of aryl methyl sites for hydroxylation is 1. The summed E-state index contributed by atoms with van der Waals surface area (Å²) in [5.74, 6) is 7.09. The molecule has 2 aromatic rings. The van der Waals surface area contributed by atoms with E-state index >= 15 is 0 Å². The minimum absolute atomic E-state index is 0.243. The largest absolute Gasteiger partial charge is 0.366 e. The zero-order valence-corrected chi connectivity index (χ0v) is 10.9. The number of hydrazine groups is 1. The van der Waals surface area contributed by atoms with E-state index in [4.69, 9.17) is 5.84 Å². The van der Waals surface area contributed by atoms with Crippen LogP contribution in [0.15, 0.2) is 24.3 Å². The van der Waals surface area contributed by atoms with Gasteiger partial charge in [0.2, 0.25) is 0 Å². The predicted octanol–water partition coefficient (Wildman–Crippen LogP) is 2.13. The van der Waals surface area contributed by atoms with Gasteiger partial charge in [0, 0.05) is 12.1 Å². The molecule has 1 heterocycles. The van der Waals surface area contributed by atoms with Crippen molar-refractivity contribution in [2.24, 2.45) is 5.84 Å². The molecular formula is C13H16FN5. The lowest BCUT2D eigenvalue weighted by Crippen LogP contribution is -2.14.